The van der Waals surface area contributed by atoms with Crippen molar-refractivity contribution in [3.8, 4) is 5.75 Å². The highest BCUT2D eigenvalue weighted by Gasteiger charge is 2.56. The Balaban J connectivity index is 1.81. The third-order valence-corrected chi connectivity index (χ3v) is 6.33. The second-order valence-electron chi connectivity index (χ2n) is 7.45. The van der Waals surface area contributed by atoms with Gasteiger partial charge in [-0.25, -0.2) is 0 Å². The molecule has 4 atom stereocenters. The number of esters is 1. The molecule has 1 aliphatic heterocycles. The highest BCUT2D eigenvalue weighted by Crippen LogP contribution is 2.57. The minimum absolute atomic E-state index is 0.104. The molecule has 2 aliphatic carbocycles. The number of rotatable bonds is 2. The fraction of sp³-hybridized carbons (Fsp3) is 0.579. The number of carbonyl (C=O) groups is 2. The molecule has 0 spiro atoms. The first kappa shape index (κ1) is 15.5. The summed E-state index contributed by atoms with van der Waals surface area (Å²) in [4.78, 5) is 24.9. The Bertz CT molecular complexity index is 688. The molecule has 1 heterocycles. The number of amides is 1. The van der Waals surface area contributed by atoms with Gasteiger partial charge < -0.3 is 14.7 Å². The number of hydrogen-bond acceptors (Lipinski definition) is 4. The molecule has 3 aliphatic rings. The fourth-order valence-corrected chi connectivity index (χ4v) is 5.57. The molecule has 2 bridgehead atoms. The number of aromatic hydroxyl groups is 1. The largest absolute Gasteiger partial charge is 0.508 e. The van der Waals surface area contributed by atoms with Crippen molar-refractivity contribution in [2.75, 3.05) is 6.54 Å². The van der Waals surface area contributed by atoms with E-state index in [1.165, 1.54) is 6.92 Å². The van der Waals surface area contributed by atoms with Crippen LogP contribution < -0.4 is 0 Å². The molecule has 1 saturated heterocycles. The summed E-state index contributed by atoms with van der Waals surface area (Å²) >= 11 is 0. The van der Waals surface area contributed by atoms with Crippen molar-refractivity contribution < 1.29 is 19.4 Å². The van der Waals surface area contributed by atoms with Crippen LogP contribution in [-0.4, -0.2) is 41.1 Å². The Morgan fingerprint density at radius 1 is 1.42 bits per heavy atom. The maximum Gasteiger partial charge on any atom is 0.302 e. The second-order valence-corrected chi connectivity index (χ2v) is 7.45. The van der Waals surface area contributed by atoms with Gasteiger partial charge in [-0.1, -0.05) is 12.1 Å². The van der Waals surface area contributed by atoms with E-state index < -0.39 is 0 Å². The summed E-state index contributed by atoms with van der Waals surface area (Å²) in [6.07, 6.45) is 4.97. The summed E-state index contributed by atoms with van der Waals surface area (Å²) < 4.78 is 5.53. The van der Waals surface area contributed by atoms with Gasteiger partial charge in [-0.15, -0.1) is 0 Å². The topological polar surface area (TPSA) is 66.8 Å². The Kier molecular flexibility index (Phi) is 3.55. The van der Waals surface area contributed by atoms with Crippen LogP contribution in [0.5, 0.6) is 5.75 Å². The van der Waals surface area contributed by atoms with E-state index in [2.05, 4.69) is 6.07 Å². The first-order valence-electron chi connectivity index (χ1n) is 8.75. The van der Waals surface area contributed by atoms with Gasteiger partial charge in [0.1, 0.15) is 11.9 Å². The average molecular weight is 329 g/mol. The van der Waals surface area contributed by atoms with Crippen LogP contribution in [0.3, 0.4) is 0 Å². The Hall–Kier alpha value is -2.04. The Labute approximate surface area is 141 Å². The molecule has 1 N–H and O–H groups in total. The number of phenols is 1. The van der Waals surface area contributed by atoms with Gasteiger partial charge in [-0.05, 0) is 49.7 Å². The number of benzene rings is 1. The predicted octanol–water partition coefficient (Wildman–Crippen LogP) is 2.15. The van der Waals surface area contributed by atoms with E-state index in [0.29, 0.717) is 18.2 Å². The van der Waals surface area contributed by atoms with Crippen LogP contribution in [0, 0.1) is 5.92 Å². The number of nitrogens with zero attached hydrogens (tertiary/aromatic N) is 1. The van der Waals surface area contributed by atoms with Crippen LogP contribution in [0.1, 0.15) is 43.7 Å². The molecule has 1 saturated carbocycles. The number of likely N-dealkylation sites (tertiary alicyclic amines) is 1. The lowest BCUT2D eigenvalue weighted by molar-refractivity contribution is -0.152. The van der Waals surface area contributed by atoms with Gasteiger partial charge in [-0.2, -0.15) is 0 Å². The van der Waals surface area contributed by atoms with Crippen molar-refractivity contribution in [1.29, 1.82) is 0 Å². The van der Waals surface area contributed by atoms with Crippen molar-refractivity contribution in [3.05, 3.63) is 29.3 Å². The average Bonchev–Trinajstić information content (AvgIpc) is 2.53. The third-order valence-electron chi connectivity index (χ3n) is 6.33. The van der Waals surface area contributed by atoms with Crippen molar-refractivity contribution in [2.45, 2.75) is 56.6 Å². The van der Waals surface area contributed by atoms with E-state index in [0.717, 1.165) is 49.6 Å². The summed E-state index contributed by atoms with van der Waals surface area (Å²) in [5.41, 5.74) is 1.97. The minimum Gasteiger partial charge on any atom is -0.508 e. The van der Waals surface area contributed by atoms with E-state index >= 15 is 0 Å². The number of piperidine rings is 1. The monoisotopic (exact) mass is 329 g/mol. The molecule has 1 aromatic carbocycles. The van der Waals surface area contributed by atoms with Crippen molar-refractivity contribution in [2.24, 2.45) is 5.92 Å². The van der Waals surface area contributed by atoms with Crippen LogP contribution in [0.15, 0.2) is 18.2 Å². The summed E-state index contributed by atoms with van der Waals surface area (Å²) in [6.45, 7) is 2.15. The van der Waals surface area contributed by atoms with Gasteiger partial charge in [0.2, 0.25) is 6.41 Å². The normalized spacial score (nSPS) is 34.0. The Morgan fingerprint density at radius 2 is 2.25 bits per heavy atom. The number of phenolic OH excluding ortho intramolecular Hbond substituents is 1. The van der Waals surface area contributed by atoms with Gasteiger partial charge >= 0.3 is 5.97 Å². The zero-order valence-electron chi connectivity index (χ0n) is 13.9. The molecule has 0 radical (unpaired) electrons. The predicted molar refractivity (Wildman–Crippen MR) is 87.6 cm³/mol. The van der Waals surface area contributed by atoms with Gasteiger partial charge in [-0.3, -0.25) is 9.59 Å². The highest BCUT2D eigenvalue weighted by molar-refractivity contribution is 5.66. The molecular formula is C19H23NO4. The number of ether oxygens (including phenoxy) is 1. The highest BCUT2D eigenvalue weighted by atomic mass is 16.5. The van der Waals surface area contributed by atoms with Gasteiger partial charge in [0.15, 0.2) is 0 Å². The molecule has 128 valence electrons. The van der Waals surface area contributed by atoms with Gasteiger partial charge in [0.25, 0.3) is 0 Å². The van der Waals surface area contributed by atoms with Crippen molar-refractivity contribution in [1.82, 2.24) is 4.90 Å². The number of hydrogen-bond donors (Lipinski definition) is 1. The van der Waals surface area contributed by atoms with E-state index in [4.69, 9.17) is 4.74 Å². The molecule has 5 nitrogen and oxygen atoms in total. The molecule has 1 amide bonds. The lowest BCUT2D eigenvalue weighted by Gasteiger charge is -2.59. The fourth-order valence-electron chi connectivity index (χ4n) is 5.57. The summed E-state index contributed by atoms with van der Waals surface area (Å²) in [5.74, 6) is 0.424. The molecule has 2 fully saturated rings. The van der Waals surface area contributed by atoms with Crippen LogP contribution in [0.4, 0.5) is 0 Å². The molecule has 0 aromatic heterocycles. The van der Waals surface area contributed by atoms with Crippen molar-refractivity contribution in [3.63, 3.8) is 0 Å². The number of fused-ring (bicyclic) bond motifs is 1. The summed E-state index contributed by atoms with van der Waals surface area (Å²) in [5, 5.41) is 10.6. The second kappa shape index (κ2) is 5.50. The van der Waals surface area contributed by atoms with E-state index in [1.807, 2.05) is 11.0 Å². The van der Waals surface area contributed by atoms with Gasteiger partial charge in [0, 0.05) is 30.5 Å². The van der Waals surface area contributed by atoms with Crippen LogP contribution in [0.2, 0.25) is 0 Å². The maximum absolute atomic E-state index is 11.5. The van der Waals surface area contributed by atoms with E-state index in [-0.39, 0.29) is 23.5 Å². The molecule has 4 rings (SSSR count). The summed E-state index contributed by atoms with van der Waals surface area (Å²) in [6, 6.07) is 5.87. The maximum atomic E-state index is 11.5. The quantitative estimate of drug-likeness (QED) is 0.667. The van der Waals surface area contributed by atoms with E-state index in [9.17, 15) is 14.7 Å². The smallest absolute Gasteiger partial charge is 0.302 e. The molecule has 1 aromatic rings. The summed E-state index contributed by atoms with van der Waals surface area (Å²) in [7, 11) is 0. The molecule has 5 heteroatoms. The Morgan fingerprint density at radius 3 is 3.00 bits per heavy atom. The lowest BCUT2D eigenvalue weighted by atomic mass is 9.51. The standard InChI is InChI=1S/C19H23NO4/c1-12(22)24-14-5-6-15-16-9-13-3-2-4-17(23)18(13)19(15,10-14)7-8-20(16)11-21/h2-4,11,14-16,23H,5-10H2,1H3. The van der Waals surface area contributed by atoms with Crippen LogP contribution in [0.25, 0.3) is 0 Å². The molecule has 4 unspecified atom stereocenters. The van der Waals surface area contributed by atoms with Crippen molar-refractivity contribution >= 4 is 12.4 Å². The molecular weight excluding hydrogens is 306 g/mol. The molecule has 24 heavy (non-hydrogen) atoms. The van der Waals surface area contributed by atoms with E-state index in [1.54, 1.807) is 6.07 Å². The number of carbonyl (C=O) groups excluding carboxylic acids is 2. The lowest BCUT2D eigenvalue weighted by Crippen LogP contribution is -2.62. The SMILES string of the molecule is CC(=O)OC1CCC2C3Cc4cccc(O)c4C2(CCN3C=O)C1. The third kappa shape index (κ3) is 2.14. The zero-order chi connectivity index (χ0) is 16.9. The van der Waals surface area contributed by atoms with Crippen LogP contribution >= 0.6 is 0 Å². The van der Waals surface area contributed by atoms with Crippen LogP contribution in [-0.2, 0) is 26.2 Å². The first-order chi connectivity index (χ1) is 11.5. The minimum atomic E-state index is -0.245. The zero-order valence-corrected chi connectivity index (χ0v) is 13.9. The van der Waals surface area contributed by atoms with Gasteiger partial charge in [0.05, 0.1) is 0 Å². The first-order valence-corrected chi connectivity index (χ1v) is 8.75.